The fourth-order valence-electron chi connectivity index (χ4n) is 4.32. The third kappa shape index (κ3) is 5.60. The second-order valence-electron chi connectivity index (χ2n) is 8.22. The van der Waals surface area contributed by atoms with E-state index < -0.39 is 0 Å². The molecule has 1 aliphatic rings. The summed E-state index contributed by atoms with van der Waals surface area (Å²) in [6.45, 7) is 4.81. The van der Waals surface area contributed by atoms with E-state index in [1.807, 2.05) is 25.2 Å². The first-order valence-electron chi connectivity index (χ1n) is 11.0. The maximum Gasteiger partial charge on any atom is 0.166 e. The van der Waals surface area contributed by atoms with Gasteiger partial charge in [-0.25, -0.2) is 9.37 Å². The van der Waals surface area contributed by atoms with Gasteiger partial charge in [0.05, 0.1) is 11.0 Å². The summed E-state index contributed by atoms with van der Waals surface area (Å²) in [5, 5.41) is 6.87. The zero-order valence-electron chi connectivity index (χ0n) is 18.0. The summed E-state index contributed by atoms with van der Waals surface area (Å²) in [4.78, 5) is 7.47. The molecule has 4 rings (SSSR count). The van der Waals surface area contributed by atoms with Crippen LogP contribution in [-0.4, -0.2) is 52.8 Å². The van der Waals surface area contributed by atoms with E-state index in [4.69, 9.17) is 17.2 Å². The predicted octanol–water partition coefficient (Wildman–Crippen LogP) is 3.57. The Morgan fingerprint density at radius 1 is 1.13 bits per heavy atom. The van der Waals surface area contributed by atoms with Crippen molar-refractivity contribution in [3.05, 3.63) is 65.7 Å². The summed E-state index contributed by atoms with van der Waals surface area (Å²) < 4.78 is 15.6. The van der Waals surface area contributed by atoms with Crippen LogP contribution in [0.5, 0.6) is 0 Å². The number of imidazole rings is 1. The smallest absolute Gasteiger partial charge is 0.166 e. The molecule has 0 atom stereocenters. The third-order valence-corrected chi connectivity index (χ3v) is 6.46. The van der Waals surface area contributed by atoms with Gasteiger partial charge in [0.1, 0.15) is 11.6 Å². The topological polar surface area (TPSA) is 45.1 Å². The van der Waals surface area contributed by atoms with Crippen molar-refractivity contribution in [2.45, 2.75) is 25.8 Å². The quantitative estimate of drug-likeness (QED) is 0.551. The Bertz CT molecular complexity index is 1010. The van der Waals surface area contributed by atoms with Gasteiger partial charge in [0, 0.05) is 33.1 Å². The van der Waals surface area contributed by atoms with Crippen LogP contribution in [0, 0.1) is 11.7 Å². The van der Waals surface area contributed by atoms with Gasteiger partial charge >= 0.3 is 0 Å². The first-order chi connectivity index (χ1) is 15.1. The highest BCUT2D eigenvalue weighted by Gasteiger charge is 2.22. The number of hydrogen-bond donors (Lipinski definition) is 2. The van der Waals surface area contributed by atoms with Gasteiger partial charge in [0.25, 0.3) is 0 Å². The van der Waals surface area contributed by atoms with E-state index in [0.717, 1.165) is 55.0 Å². The SMILES string of the molecule is CNC(=S)NCCN1CCC(Cc2nc3ccccc3n2Cc2ccc(F)cc2)CC1. The second kappa shape index (κ2) is 10.2. The standard InChI is InChI=1S/C24H30FN5S/c1-26-24(31)27-12-15-29-13-10-18(11-14-29)16-23-28-21-4-2-3-5-22(21)30(23)17-19-6-8-20(25)9-7-19/h2-9,18H,10-17H2,1H3,(H2,26,27,31). The highest BCUT2D eigenvalue weighted by Crippen LogP contribution is 2.25. The minimum atomic E-state index is -0.200. The number of rotatable bonds is 7. The molecule has 3 aromatic rings. The average Bonchev–Trinajstić information content (AvgIpc) is 3.13. The first-order valence-corrected chi connectivity index (χ1v) is 11.4. The fraction of sp³-hybridized carbons (Fsp3) is 0.417. The highest BCUT2D eigenvalue weighted by molar-refractivity contribution is 7.80. The molecule has 0 saturated carbocycles. The Balaban J connectivity index is 1.40. The lowest BCUT2D eigenvalue weighted by Crippen LogP contribution is -2.41. The Hall–Kier alpha value is -2.51. The predicted molar refractivity (Wildman–Crippen MR) is 128 cm³/mol. The maximum atomic E-state index is 13.3. The molecule has 0 spiro atoms. The summed E-state index contributed by atoms with van der Waals surface area (Å²) in [5.74, 6) is 1.56. The molecule has 1 aliphatic heterocycles. The van der Waals surface area contributed by atoms with Gasteiger partial charge in [-0.3, -0.25) is 0 Å². The van der Waals surface area contributed by atoms with Crippen molar-refractivity contribution in [2.75, 3.05) is 33.2 Å². The normalized spacial score (nSPS) is 15.3. The lowest BCUT2D eigenvalue weighted by atomic mass is 9.93. The first kappa shape index (κ1) is 21.7. The van der Waals surface area contributed by atoms with E-state index in [2.05, 4.69) is 38.3 Å². The molecule has 0 bridgehead atoms. The van der Waals surface area contributed by atoms with Gasteiger partial charge in [-0.15, -0.1) is 0 Å². The van der Waals surface area contributed by atoms with Crippen molar-refractivity contribution in [1.82, 2.24) is 25.1 Å². The van der Waals surface area contributed by atoms with Gasteiger partial charge in [-0.05, 0) is 73.9 Å². The molecule has 2 heterocycles. The van der Waals surface area contributed by atoms with E-state index in [1.165, 1.54) is 25.0 Å². The summed E-state index contributed by atoms with van der Waals surface area (Å²) in [6.07, 6.45) is 3.33. The Morgan fingerprint density at radius 2 is 1.87 bits per heavy atom. The molecule has 31 heavy (non-hydrogen) atoms. The molecule has 2 N–H and O–H groups in total. The van der Waals surface area contributed by atoms with E-state index in [0.29, 0.717) is 17.6 Å². The number of nitrogens with one attached hydrogen (secondary N) is 2. The number of aromatic nitrogens is 2. The largest absolute Gasteiger partial charge is 0.366 e. The molecule has 0 amide bonds. The van der Waals surface area contributed by atoms with Crippen LogP contribution in [0.15, 0.2) is 48.5 Å². The summed E-state index contributed by atoms with van der Waals surface area (Å²) >= 11 is 5.14. The van der Waals surface area contributed by atoms with E-state index in [1.54, 1.807) is 0 Å². The van der Waals surface area contributed by atoms with E-state index in [9.17, 15) is 4.39 Å². The highest BCUT2D eigenvalue weighted by atomic mass is 32.1. The number of fused-ring (bicyclic) bond motifs is 1. The molecular formula is C24H30FN5S. The minimum Gasteiger partial charge on any atom is -0.366 e. The third-order valence-electron chi connectivity index (χ3n) is 6.11. The monoisotopic (exact) mass is 439 g/mol. The summed E-state index contributed by atoms with van der Waals surface area (Å²) in [7, 11) is 1.84. The minimum absolute atomic E-state index is 0.200. The molecule has 0 radical (unpaired) electrons. The molecular weight excluding hydrogens is 409 g/mol. The molecule has 0 unspecified atom stereocenters. The van der Waals surface area contributed by atoms with Gasteiger partial charge in [0.2, 0.25) is 0 Å². The Morgan fingerprint density at radius 3 is 2.61 bits per heavy atom. The molecule has 0 aliphatic carbocycles. The van der Waals surface area contributed by atoms with Gasteiger partial charge in [-0.2, -0.15) is 0 Å². The molecule has 1 fully saturated rings. The Kier molecular flexibility index (Phi) is 7.14. The zero-order chi connectivity index (χ0) is 21.6. The number of para-hydroxylation sites is 2. The zero-order valence-corrected chi connectivity index (χ0v) is 18.8. The van der Waals surface area contributed by atoms with Crippen LogP contribution in [0.1, 0.15) is 24.2 Å². The van der Waals surface area contributed by atoms with E-state index >= 15 is 0 Å². The Labute approximate surface area is 188 Å². The molecule has 5 nitrogen and oxygen atoms in total. The van der Waals surface area contributed by atoms with Gasteiger partial charge < -0.3 is 20.1 Å². The number of halogens is 1. The van der Waals surface area contributed by atoms with E-state index in [-0.39, 0.29) is 5.82 Å². The molecule has 1 saturated heterocycles. The van der Waals surface area contributed by atoms with Crippen molar-refractivity contribution in [1.29, 1.82) is 0 Å². The lowest BCUT2D eigenvalue weighted by Gasteiger charge is -2.32. The van der Waals surface area contributed by atoms with Crippen molar-refractivity contribution >= 4 is 28.4 Å². The van der Waals surface area contributed by atoms with Gasteiger partial charge in [-0.1, -0.05) is 24.3 Å². The van der Waals surface area contributed by atoms with Crippen LogP contribution in [0.2, 0.25) is 0 Å². The van der Waals surface area contributed by atoms with Crippen LogP contribution in [0.3, 0.4) is 0 Å². The number of likely N-dealkylation sites (tertiary alicyclic amines) is 1. The number of benzene rings is 2. The van der Waals surface area contributed by atoms with Crippen molar-refractivity contribution in [3.8, 4) is 0 Å². The van der Waals surface area contributed by atoms with Crippen LogP contribution < -0.4 is 10.6 Å². The van der Waals surface area contributed by atoms with Crippen molar-refractivity contribution in [2.24, 2.45) is 5.92 Å². The van der Waals surface area contributed by atoms with Crippen LogP contribution in [-0.2, 0) is 13.0 Å². The number of piperidine rings is 1. The molecule has 164 valence electrons. The molecule has 1 aromatic heterocycles. The summed E-state index contributed by atoms with van der Waals surface area (Å²) in [5.41, 5.74) is 3.27. The van der Waals surface area contributed by atoms with Crippen molar-refractivity contribution < 1.29 is 4.39 Å². The van der Waals surface area contributed by atoms with Gasteiger partial charge in [0.15, 0.2) is 5.11 Å². The fourth-order valence-corrected chi connectivity index (χ4v) is 4.42. The van der Waals surface area contributed by atoms with Crippen LogP contribution in [0.25, 0.3) is 11.0 Å². The lowest BCUT2D eigenvalue weighted by molar-refractivity contribution is 0.185. The number of nitrogens with zero attached hydrogens (tertiary/aromatic N) is 3. The number of hydrogen-bond acceptors (Lipinski definition) is 3. The molecule has 7 heteroatoms. The maximum absolute atomic E-state index is 13.3. The second-order valence-corrected chi connectivity index (χ2v) is 8.63. The number of thiocarbonyl (C=S) groups is 1. The summed E-state index contributed by atoms with van der Waals surface area (Å²) in [6, 6.07) is 15.1. The average molecular weight is 440 g/mol. The van der Waals surface area contributed by atoms with Crippen LogP contribution >= 0.6 is 12.2 Å². The van der Waals surface area contributed by atoms with Crippen molar-refractivity contribution in [3.63, 3.8) is 0 Å². The van der Waals surface area contributed by atoms with Crippen LogP contribution in [0.4, 0.5) is 4.39 Å². The molecule has 2 aromatic carbocycles.